The molecule has 1 aromatic carbocycles. The van der Waals surface area contributed by atoms with Gasteiger partial charge in [-0.3, -0.25) is 10.2 Å². The highest BCUT2D eigenvalue weighted by Gasteiger charge is 2.39. The highest BCUT2D eigenvalue weighted by molar-refractivity contribution is 6.01. The molecule has 5 nitrogen and oxygen atoms in total. The molecule has 2 saturated heterocycles. The van der Waals surface area contributed by atoms with Crippen molar-refractivity contribution in [1.29, 1.82) is 0 Å². The highest BCUT2D eigenvalue weighted by Crippen LogP contribution is 2.31. The molecule has 1 N–H and O–H groups in total. The number of likely N-dealkylation sites (tertiary alicyclic amines) is 1. The Labute approximate surface area is 138 Å². The van der Waals surface area contributed by atoms with Crippen LogP contribution >= 0.6 is 0 Å². The zero-order valence-electron chi connectivity index (χ0n) is 13.9. The van der Waals surface area contributed by atoms with Crippen molar-refractivity contribution in [2.75, 3.05) is 51.2 Å². The molecule has 0 radical (unpaired) electrons. The van der Waals surface area contributed by atoms with Crippen LogP contribution in [0.5, 0.6) is 0 Å². The van der Waals surface area contributed by atoms with Crippen LogP contribution in [0.1, 0.15) is 12.0 Å². The smallest absolute Gasteiger partial charge is 0.231 e. The molecule has 3 aliphatic rings. The van der Waals surface area contributed by atoms with Crippen LogP contribution in [0.2, 0.25) is 0 Å². The quantitative estimate of drug-likeness (QED) is 0.879. The number of amides is 1. The molecular formula is C18H26N4O. The van der Waals surface area contributed by atoms with Crippen molar-refractivity contribution in [3.63, 3.8) is 0 Å². The van der Waals surface area contributed by atoms with Gasteiger partial charge in [0.15, 0.2) is 0 Å². The van der Waals surface area contributed by atoms with Crippen molar-refractivity contribution in [1.82, 2.24) is 15.3 Å². The third kappa shape index (κ3) is 2.89. The topological polar surface area (TPSA) is 38.8 Å². The van der Waals surface area contributed by atoms with Gasteiger partial charge in [0, 0.05) is 38.4 Å². The lowest BCUT2D eigenvalue weighted by Gasteiger charge is -2.22. The first-order valence-electron chi connectivity index (χ1n) is 8.77. The number of hydrogen-bond acceptors (Lipinski definition) is 4. The van der Waals surface area contributed by atoms with Crippen molar-refractivity contribution >= 4 is 11.6 Å². The molecule has 124 valence electrons. The maximum Gasteiger partial charge on any atom is 0.231 e. The fourth-order valence-electron chi connectivity index (χ4n) is 4.47. The monoisotopic (exact) mass is 314 g/mol. The lowest BCUT2D eigenvalue weighted by Crippen LogP contribution is -2.37. The Morgan fingerprint density at radius 3 is 2.57 bits per heavy atom. The van der Waals surface area contributed by atoms with E-state index < -0.39 is 0 Å². The van der Waals surface area contributed by atoms with Gasteiger partial charge in [-0.15, -0.1) is 0 Å². The van der Waals surface area contributed by atoms with E-state index in [9.17, 15) is 4.79 Å². The van der Waals surface area contributed by atoms with E-state index in [1.165, 1.54) is 31.7 Å². The first-order chi connectivity index (χ1) is 11.2. The number of rotatable bonds is 5. The van der Waals surface area contributed by atoms with Crippen LogP contribution in [0, 0.1) is 11.8 Å². The summed E-state index contributed by atoms with van der Waals surface area (Å²) in [5, 5.41) is 2.34. The van der Waals surface area contributed by atoms with Crippen LogP contribution in [-0.2, 0) is 11.2 Å². The Kier molecular flexibility index (Phi) is 4.09. The van der Waals surface area contributed by atoms with Gasteiger partial charge in [0.05, 0.1) is 6.42 Å². The Bertz CT molecular complexity index is 576. The maximum atomic E-state index is 12.2. The average molecular weight is 314 g/mol. The second kappa shape index (κ2) is 6.23. The average Bonchev–Trinajstić information content (AvgIpc) is 3.18. The van der Waals surface area contributed by atoms with Gasteiger partial charge < -0.3 is 9.80 Å². The predicted octanol–water partition coefficient (Wildman–Crippen LogP) is 0.964. The van der Waals surface area contributed by atoms with E-state index in [0.717, 1.165) is 37.0 Å². The van der Waals surface area contributed by atoms with Crippen molar-refractivity contribution in [3.05, 3.63) is 29.8 Å². The molecule has 3 heterocycles. The molecule has 2 atom stereocenters. The molecule has 3 aliphatic heterocycles. The van der Waals surface area contributed by atoms with Crippen molar-refractivity contribution in [2.45, 2.75) is 12.8 Å². The Morgan fingerprint density at radius 2 is 1.83 bits per heavy atom. The zero-order chi connectivity index (χ0) is 15.8. The number of hydrogen-bond donors (Lipinski definition) is 1. The summed E-state index contributed by atoms with van der Waals surface area (Å²) in [6.45, 7) is 6.74. The summed E-state index contributed by atoms with van der Waals surface area (Å²) in [5.74, 6) is 1.89. The van der Waals surface area contributed by atoms with Crippen molar-refractivity contribution in [3.8, 4) is 0 Å². The van der Waals surface area contributed by atoms with E-state index in [0.29, 0.717) is 6.42 Å². The third-order valence-electron chi connectivity index (χ3n) is 5.66. The van der Waals surface area contributed by atoms with E-state index in [-0.39, 0.29) is 5.91 Å². The number of nitrogens with zero attached hydrogens (tertiary/aromatic N) is 3. The van der Waals surface area contributed by atoms with E-state index in [2.05, 4.69) is 27.5 Å². The van der Waals surface area contributed by atoms with E-state index >= 15 is 0 Å². The number of para-hydroxylation sites is 1. The highest BCUT2D eigenvalue weighted by atomic mass is 16.2. The Hall–Kier alpha value is -1.43. The summed E-state index contributed by atoms with van der Waals surface area (Å²) in [5.41, 5.74) is 5.58. The standard InChI is InChI=1S/C18H26N4O/c1-19-21-12-15-10-20(11-16(15)13-21)7-4-8-22-17-6-3-2-5-14(17)9-18(22)23/h2-3,5-6,15-16,19H,4,7-13H2,1H3. The number of hydrazine groups is 1. The SMILES string of the molecule is CNN1CC2CN(CCCN3C(=O)Cc4ccccc43)CC2C1. The van der Waals surface area contributed by atoms with E-state index in [1.54, 1.807) is 0 Å². The molecule has 2 fully saturated rings. The summed E-state index contributed by atoms with van der Waals surface area (Å²) < 4.78 is 0. The number of fused-ring (bicyclic) bond motifs is 2. The number of benzene rings is 1. The van der Waals surface area contributed by atoms with Crippen LogP contribution in [0.3, 0.4) is 0 Å². The van der Waals surface area contributed by atoms with Gasteiger partial charge in [-0.1, -0.05) is 18.2 Å². The van der Waals surface area contributed by atoms with Gasteiger partial charge in [-0.2, -0.15) is 0 Å². The molecule has 0 spiro atoms. The van der Waals surface area contributed by atoms with Crippen LogP contribution < -0.4 is 10.3 Å². The fraction of sp³-hybridized carbons (Fsp3) is 0.611. The lowest BCUT2D eigenvalue weighted by atomic mass is 10.0. The fourth-order valence-corrected chi connectivity index (χ4v) is 4.47. The molecule has 1 amide bonds. The summed E-state index contributed by atoms with van der Waals surface area (Å²) in [4.78, 5) is 16.8. The molecule has 23 heavy (non-hydrogen) atoms. The molecule has 0 aliphatic carbocycles. The Morgan fingerprint density at radius 1 is 1.09 bits per heavy atom. The zero-order valence-corrected chi connectivity index (χ0v) is 13.9. The first-order valence-corrected chi connectivity index (χ1v) is 8.77. The largest absolute Gasteiger partial charge is 0.312 e. The molecule has 4 rings (SSSR count). The minimum Gasteiger partial charge on any atom is -0.312 e. The third-order valence-corrected chi connectivity index (χ3v) is 5.66. The molecular weight excluding hydrogens is 288 g/mol. The maximum absolute atomic E-state index is 12.2. The molecule has 5 heteroatoms. The number of carbonyl (C=O) groups excluding carboxylic acids is 1. The van der Waals surface area contributed by atoms with Gasteiger partial charge in [-0.05, 0) is 43.5 Å². The number of anilines is 1. The van der Waals surface area contributed by atoms with Gasteiger partial charge in [0.25, 0.3) is 0 Å². The van der Waals surface area contributed by atoms with Gasteiger partial charge in [-0.25, -0.2) is 5.01 Å². The lowest BCUT2D eigenvalue weighted by molar-refractivity contribution is -0.117. The first kappa shape index (κ1) is 15.1. The number of nitrogens with one attached hydrogen (secondary N) is 1. The van der Waals surface area contributed by atoms with Crippen LogP contribution in [-0.4, -0.2) is 62.1 Å². The summed E-state index contributed by atoms with van der Waals surface area (Å²) in [7, 11) is 2.02. The van der Waals surface area contributed by atoms with Gasteiger partial charge in [0.2, 0.25) is 5.91 Å². The van der Waals surface area contributed by atoms with Gasteiger partial charge in [0.1, 0.15) is 0 Å². The molecule has 2 unspecified atom stereocenters. The van der Waals surface area contributed by atoms with Crippen LogP contribution in [0.15, 0.2) is 24.3 Å². The van der Waals surface area contributed by atoms with Crippen LogP contribution in [0.4, 0.5) is 5.69 Å². The normalized spacial score (nSPS) is 27.7. The van der Waals surface area contributed by atoms with Gasteiger partial charge >= 0.3 is 0 Å². The summed E-state index contributed by atoms with van der Waals surface area (Å²) in [6.07, 6.45) is 1.64. The van der Waals surface area contributed by atoms with Crippen LogP contribution in [0.25, 0.3) is 0 Å². The summed E-state index contributed by atoms with van der Waals surface area (Å²) >= 11 is 0. The molecule has 0 aromatic heterocycles. The second-order valence-electron chi connectivity index (χ2n) is 7.11. The number of carbonyl (C=O) groups is 1. The predicted molar refractivity (Wildman–Crippen MR) is 91.2 cm³/mol. The minimum atomic E-state index is 0.258. The Balaban J connectivity index is 1.27. The van der Waals surface area contributed by atoms with E-state index in [1.807, 2.05) is 24.1 Å². The van der Waals surface area contributed by atoms with Crippen molar-refractivity contribution in [2.24, 2.45) is 11.8 Å². The molecule has 0 saturated carbocycles. The second-order valence-corrected chi connectivity index (χ2v) is 7.11. The molecule has 0 bridgehead atoms. The molecule has 1 aromatic rings. The summed E-state index contributed by atoms with van der Waals surface area (Å²) in [6, 6.07) is 8.20. The minimum absolute atomic E-state index is 0.258. The van der Waals surface area contributed by atoms with E-state index in [4.69, 9.17) is 0 Å². The van der Waals surface area contributed by atoms with Crippen molar-refractivity contribution < 1.29 is 4.79 Å².